The fourth-order valence-corrected chi connectivity index (χ4v) is 2.09. The number of nitrogens with one attached hydrogen (secondary N) is 1. The van der Waals surface area contributed by atoms with Crippen molar-refractivity contribution in [2.24, 2.45) is 0 Å². The van der Waals surface area contributed by atoms with Gasteiger partial charge in [0.15, 0.2) is 0 Å². The minimum absolute atomic E-state index is 0.00639. The highest BCUT2D eigenvalue weighted by molar-refractivity contribution is 5.94. The van der Waals surface area contributed by atoms with Gasteiger partial charge < -0.3 is 5.32 Å². The maximum Gasteiger partial charge on any atom is 0.251 e. The molecule has 0 aromatic heterocycles. The average Bonchev–Trinajstić information content (AvgIpc) is 2.59. The molecule has 0 saturated carbocycles. The molecule has 0 radical (unpaired) electrons. The number of hydrogen-bond acceptors (Lipinski definition) is 1. The Morgan fingerprint density at radius 2 is 2.29 bits per heavy atom. The molecule has 0 aliphatic heterocycles. The van der Waals surface area contributed by atoms with E-state index in [4.69, 9.17) is 0 Å². The van der Waals surface area contributed by atoms with Crippen molar-refractivity contribution in [2.45, 2.75) is 25.7 Å². The van der Waals surface area contributed by atoms with E-state index >= 15 is 0 Å². The summed E-state index contributed by atoms with van der Waals surface area (Å²) in [5.41, 5.74) is 3.54. The zero-order chi connectivity index (χ0) is 10.1. The van der Waals surface area contributed by atoms with E-state index in [9.17, 15) is 4.79 Å². The van der Waals surface area contributed by atoms with Gasteiger partial charge in [-0.3, -0.25) is 4.79 Å². The molecule has 1 aliphatic rings. The van der Waals surface area contributed by atoms with Crippen molar-refractivity contribution in [1.82, 2.24) is 5.32 Å². The Bertz CT molecular complexity index is 371. The summed E-state index contributed by atoms with van der Waals surface area (Å²) in [6.45, 7) is 2.22. The molecule has 1 aromatic rings. The van der Waals surface area contributed by atoms with E-state index in [1.165, 1.54) is 17.5 Å². The fraction of sp³-hybridized carbons (Fsp3) is 0.417. The maximum absolute atomic E-state index is 11.4. The fourth-order valence-electron chi connectivity index (χ4n) is 2.09. The van der Waals surface area contributed by atoms with Crippen molar-refractivity contribution in [3.05, 3.63) is 34.9 Å². The molecule has 1 N–H and O–H groups in total. The van der Waals surface area contributed by atoms with Crippen LogP contribution in [-0.2, 0) is 6.42 Å². The summed E-state index contributed by atoms with van der Waals surface area (Å²) in [6.07, 6.45) is 2.37. The van der Waals surface area contributed by atoms with E-state index in [1.807, 2.05) is 12.1 Å². The minimum Gasteiger partial charge on any atom is -0.355 e. The summed E-state index contributed by atoms with van der Waals surface area (Å²) in [5.74, 6) is 0.613. The number of benzene rings is 1. The molecule has 1 amide bonds. The summed E-state index contributed by atoms with van der Waals surface area (Å²) in [5, 5.41) is 2.65. The summed E-state index contributed by atoms with van der Waals surface area (Å²) in [4.78, 5) is 11.4. The molecule has 2 heteroatoms. The molecule has 0 spiro atoms. The van der Waals surface area contributed by atoms with Crippen LogP contribution in [0.4, 0.5) is 0 Å². The Morgan fingerprint density at radius 1 is 1.50 bits per heavy atom. The molecule has 0 heterocycles. The van der Waals surface area contributed by atoms with E-state index in [1.54, 1.807) is 7.05 Å². The number of aryl methyl sites for hydroxylation is 1. The van der Waals surface area contributed by atoms with Crippen molar-refractivity contribution < 1.29 is 4.79 Å². The van der Waals surface area contributed by atoms with Crippen LogP contribution in [0, 0.1) is 0 Å². The first-order valence-corrected chi connectivity index (χ1v) is 5.07. The topological polar surface area (TPSA) is 29.1 Å². The van der Waals surface area contributed by atoms with E-state index in [0.717, 1.165) is 12.0 Å². The van der Waals surface area contributed by atoms with Crippen molar-refractivity contribution >= 4 is 5.91 Å². The highest BCUT2D eigenvalue weighted by atomic mass is 16.1. The lowest BCUT2D eigenvalue weighted by Crippen LogP contribution is -2.17. The Kier molecular flexibility index (Phi) is 2.28. The monoisotopic (exact) mass is 189 g/mol. The molecule has 0 bridgehead atoms. The maximum atomic E-state index is 11.4. The first kappa shape index (κ1) is 9.25. The largest absolute Gasteiger partial charge is 0.355 e. The van der Waals surface area contributed by atoms with Gasteiger partial charge in [-0.2, -0.15) is 0 Å². The molecule has 14 heavy (non-hydrogen) atoms. The molecule has 0 saturated heterocycles. The predicted molar refractivity (Wildman–Crippen MR) is 56.6 cm³/mol. The van der Waals surface area contributed by atoms with Crippen LogP contribution in [-0.4, -0.2) is 13.0 Å². The van der Waals surface area contributed by atoms with Crippen LogP contribution in [0.5, 0.6) is 0 Å². The third kappa shape index (κ3) is 1.41. The lowest BCUT2D eigenvalue weighted by atomic mass is 10.0. The highest BCUT2D eigenvalue weighted by Crippen LogP contribution is 2.32. The molecule has 2 rings (SSSR count). The number of carbonyl (C=O) groups excluding carboxylic acids is 1. The first-order chi connectivity index (χ1) is 6.72. The van der Waals surface area contributed by atoms with E-state index in [-0.39, 0.29) is 5.91 Å². The van der Waals surface area contributed by atoms with Crippen LogP contribution < -0.4 is 5.32 Å². The number of rotatable bonds is 1. The predicted octanol–water partition coefficient (Wildman–Crippen LogP) is 2.10. The standard InChI is InChI=1S/C12H15NO/c1-8-3-4-9-5-6-10(7-11(8)9)12(14)13-2/h5-8H,3-4H2,1-2H3,(H,13,14). The quantitative estimate of drug-likeness (QED) is 0.720. The van der Waals surface area contributed by atoms with Gasteiger partial charge in [0, 0.05) is 12.6 Å². The summed E-state index contributed by atoms with van der Waals surface area (Å²) < 4.78 is 0. The lowest BCUT2D eigenvalue weighted by molar-refractivity contribution is 0.0963. The SMILES string of the molecule is CNC(=O)c1ccc2c(c1)C(C)CC2. The van der Waals surface area contributed by atoms with Gasteiger partial charge in [0.2, 0.25) is 0 Å². The van der Waals surface area contributed by atoms with Crippen LogP contribution in [0.15, 0.2) is 18.2 Å². The molecular weight excluding hydrogens is 174 g/mol. The van der Waals surface area contributed by atoms with Gasteiger partial charge in [-0.05, 0) is 42.0 Å². The first-order valence-electron chi connectivity index (χ1n) is 5.07. The molecular formula is C12H15NO. The summed E-state index contributed by atoms with van der Waals surface area (Å²) in [6, 6.07) is 6.03. The van der Waals surface area contributed by atoms with Gasteiger partial charge in [0.05, 0.1) is 0 Å². The summed E-state index contributed by atoms with van der Waals surface area (Å²) >= 11 is 0. The van der Waals surface area contributed by atoms with Gasteiger partial charge in [0.25, 0.3) is 5.91 Å². The Morgan fingerprint density at radius 3 is 3.00 bits per heavy atom. The van der Waals surface area contributed by atoms with Gasteiger partial charge in [0.1, 0.15) is 0 Å². The zero-order valence-corrected chi connectivity index (χ0v) is 8.63. The number of fused-ring (bicyclic) bond motifs is 1. The van der Waals surface area contributed by atoms with E-state index in [0.29, 0.717) is 5.92 Å². The van der Waals surface area contributed by atoms with Crippen LogP contribution in [0.25, 0.3) is 0 Å². The second-order valence-electron chi connectivity index (χ2n) is 3.93. The molecule has 1 aromatic carbocycles. The molecule has 0 fully saturated rings. The molecule has 2 nitrogen and oxygen atoms in total. The molecule has 74 valence electrons. The van der Waals surface area contributed by atoms with Crippen molar-refractivity contribution in [2.75, 3.05) is 7.05 Å². The Balaban J connectivity index is 2.39. The number of carbonyl (C=O) groups is 1. The summed E-state index contributed by atoms with van der Waals surface area (Å²) in [7, 11) is 1.67. The second-order valence-corrected chi connectivity index (χ2v) is 3.93. The van der Waals surface area contributed by atoms with Gasteiger partial charge in [-0.1, -0.05) is 13.0 Å². The third-order valence-electron chi connectivity index (χ3n) is 3.01. The van der Waals surface area contributed by atoms with Crippen LogP contribution in [0.1, 0.15) is 40.7 Å². The zero-order valence-electron chi connectivity index (χ0n) is 8.63. The van der Waals surface area contributed by atoms with Gasteiger partial charge in [-0.25, -0.2) is 0 Å². The average molecular weight is 189 g/mol. The Hall–Kier alpha value is -1.31. The smallest absolute Gasteiger partial charge is 0.251 e. The minimum atomic E-state index is 0.00639. The highest BCUT2D eigenvalue weighted by Gasteiger charge is 2.19. The van der Waals surface area contributed by atoms with E-state index < -0.39 is 0 Å². The van der Waals surface area contributed by atoms with Crippen molar-refractivity contribution in [3.63, 3.8) is 0 Å². The van der Waals surface area contributed by atoms with Crippen molar-refractivity contribution in [3.8, 4) is 0 Å². The Labute approximate surface area is 84.3 Å². The molecule has 1 unspecified atom stereocenters. The van der Waals surface area contributed by atoms with Crippen LogP contribution >= 0.6 is 0 Å². The second kappa shape index (κ2) is 3.45. The van der Waals surface area contributed by atoms with Gasteiger partial charge >= 0.3 is 0 Å². The lowest BCUT2D eigenvalue weighted by Gasteiger charge is -2.06. The normalized spacial score (nSPS) is 19.1. The van der Waals surface area contributed by atoms with Crippen LogP contribution in [0.3, 0.4) is 0 Å². The molecule has 1 aliphatic carbocycles. The molecule has 1 atom stereocenters. The van der Waals surface area contributed by atoms with Crippen LogP contribution in [0.2, 0.25) is 0 Å². The van der Waals surface area contributed by atoms with Crippen molar-refractivity contribution in [1.29, 1.82) is 0 Å². The van der Waals surface area contributed by atoms with Gasteiger partial charge in [-0.15, -0.1) is 0 Å². The number of hydrogen-bond donors (Lipinski definition) is 1. The third-order valence-corrected chi connectivity index (χ3v) is 3.01. The van der Waals surface area contributed by atoms with E-state index in [2.05, 4.69) is 18.3 Å². The number of amides is 1.